The van der Waals surface area contributed by atoms with E-state index in [1.165, 1.54) is 12.8 Å². The molecule has 0 aromatic carbocycles. The summed E-state index contributed by atoms with van der Waals surface area (Å²) in [6, 6.07) is 0.417. The van der Waals surface area contributed by atoms with E-state index in [4.69, 9.17) is 10.5 Å². The first-order valence-corrected chi connectivity index (χ1v) is 4.59. The lowest BCUT2D eigenvalue weighted by molar-refractivity contribution is 0.0971. The van der Waals surface area contributed by atoms with Crippen LogP contribution in [0.5, 0.6) is 0 Å². The van der Waals surface area contributed by atoms with Crippen LogP contribution in [0.3, 0.4) is 0 Å². The van der Waals surface area contributed by atoms with Crippen LogP contribution in [-0.2, 0) is 4.74 Å². The topological polar surface area (TPSA) is 35.2 Å². The van der Waals surface area contributed by atoms with Gasteiger partial charge in [-0.15, -0.1) is 0 Å². The maximum absolute atomic E-state index is 5.88. The third-order valence-corrected chi connectivity index (χ3v) is 2.83. The lowest BCUT2D eigenvalue weighted by atomic mass is 9.97. The van der Waals surface area contributed by atoms with Crippen molar-refractivity contribution in [3.8, 4) is 0 Å². The average Bonchev–Trinajstić information content (AvgIpc) is 2.31. The second kappa shape index (κ2) is 4.07. The van der Waals surface area contributed by atoms with Gasteiger partial charge in [-0.25, -0.2) is 0 Å². The second-order valence-electron chi connectivity index (χ2n) is 3.52. The zero-order valence-corrected chi connectivity index (χ0v) is 7.55. The minimum atomic E-state index is 0.417. The molecule has 3 unspecified atom stereocenters. The number of ether oxygens (including phenoxy) is 1. The third-order valence-electron chi connectivity index (χ3n) is 2.83. The molecule has 0 spiro atoms. The van der Waals surface area contributed by atoms with Crippen molar-refractivity contribution in [1.29, 1.82) is 0 Å². The van der Waals surface area contributed by atoms with Crippen LogP contribution in [0.1, 0.15) is 26.7 Å². The van der Waals surface area contributed by atoms with E-state index in [0.29, 0.717) is 17.9 Å². The Balaban J connectivity index is 2.24. The molecular weight excluding hydrogens is 138 g/mol. The van der Waals surface area contributed by atoms with Crippen LogP contribution in [0.2, 0.25) is 0 Å². The molecule has 0 saturated heterocycles. The van der Waals surface area contributed by atoms with E-state index < -0.39 is 0 Å². The van der Waals surface area contributed by atoms with Crippen molar-refractivity contribution in [3.05, 3.63) is 0 Å². The van der Waals surface area contributed by atoms with Crippen molar-refractivity contribution in [2.45, 2.75) is 32.7 Å². The fourth-order valence-electron chi connectivity index (χ4n) is 1.79. The van der Waals surface area contributed by atoms with Crippen LogP contribution < -0.4 is 5.73 Å². The van der Waals surface area contributed by atoms with E-state index in [1.54, 1.807) is 0 Å². The Morgan fingerprint density at radius 3 is 2.64 bits per heavy atom. The molecule has 0 aliphatic heterocycles. The molecule has 2 N–H and O–H groups in total. The Kier molecular flexibility index (Phi) is 3.34. The van der Waals surface area contributed by atoms with Gasteiger partial charge in [-0.05, 0) is 31.6 Å². The van der Waals surface area contributed by atoms with Crippen LogP contribution in [0, 0.1) is 11.8 Å². The van der Waals surface area contributed by atoms with Gasteiger partial charge in [0.1, 0.15) is 0 Å². The lowest BCUT2D eigenvalue weighted by Crippen LogP contribution is -2.26. The van der Waals surface area contributed by atoms with Gasteiger partial charge < -0.3 is 10.5 Å². The van der Waals surface area contributed by atoms with Crippen molar-refractivity contribution in [3.63, 3.8) is 0 Å². The highest BCUT2D eigenvalue weighted by Gasteiger charge is 2.29. The van der Waals surface area contributed by atoms with E-state index >= 15 is 0 Å². The quantitative estimate of drug-likeness (QED) is 0.672. The number of nitrogens with two attached hydrogens (primary N) is 1. The van der Waals surface area contributed by atoms with Gasteiger partial charge in [0.05, 0.1) is 0 Å². The predicted molar refractivity (Wildman–Crippen MR) is 46.4 cm³/mol. The number of hydrogen-bond acceptors (Lipinski definition) is 2. The molecular formula is C9H19NO. The summed E-state index contributed by atoms with van der Waals surface area (Å²) in [5.41, 5.74) is 5.88. The molecule has 1 aliphatic rings. The summed E-state index contributed by atoms with van der Waals surface area (Å²) in [5, 5.41) is 0. The third kappa shape index (κ3) is 2.17. The van der Waals surface area contributed by atoms with Crippen LogP contribution in [0.15, 0.2) is 0 Å². The molecule has 1 saturated carbocycles. The van der Waals surface area contributed by atoms with E-state index in [0.717, 1.165) is 13.2 Å². The van der Waals surface area contributed by atoms with Crippen molar-refractivity contribution in [2.75, 3.05) is 13.2 Å². The van der Waals surface area contributed by atoms with Crippen LogP contribution in [-0.4, -0.2) is 19.3 Å². The Morgan fingerprint density at radius 2 is 2.18 bits per heavy atom. The summed E-state index contributed by atoms with van der Waals surface area (Å²) in [7, 11) is 0. The molecule has 0 amide bonds. The maximum atomic E-state index is 5.88. The largest absolute Gasteiger partial charge is 0.381 e. The molecule has 0 radical (unpaired) electrons. The predicted octanol–water partition coefficient (Wildman–Crippen LogP) is 1.40. The molecule has 2 nitrogen and oxygen atoms in total. The first-order chi connectivity index (χ1) is 5.25. The molecule has 3 atom stereocenters. The molecule has 1 rings (SSSR count). The highest BCUT2D eigenvalue weighted by Crippen LogP contribution is 2.30. The van der Waals surface area contributed by atoms with Gasteiger partial charge in [0, 0.05) is 19.3 Å². The van der Waals surface area contributed by atoms with Crippen molar-refractivity contribution in [1.82, 2.24) is 0 Å². The molecule has 1 fully saturated rings. The van der Waals surface area contributed by atoms with Crippen LogP contribution >= 0.6 is 0 Å². The maximum Gasteiger partial charge on any atom is 0.0497 e. The van der Waals surface area contributed by atoms with Gasteiger partial charge in [-0.2, -0.15) is 0 Å². The molecule has 0 heterocycles. The Morgan fingerprint density at radius 1 is 1.45 bits per heavy atom. The minimum Gasteiger partial charge on any atom is -0.381 e. The SMILES string of the molecule is CCOCC1CCC(N)C1C. The second-order valence-corrected chi connectivity index (χ2v) is 3.52. The molecule has 0 aromatic heterocycles. The minimum absolute atomic E-state index is 0.417. The first-order valence-electron chi connectivity index (χ1n) is 4.59. The average molecular weight is 157 g/mol. The highest BCUT2D eigenvalue weighted by atomic mass is 16.5. The Labute approximate surface area is 69.1 Å². The van der Waals surface area contributed by atoms with Gasteiger partial charge in [0.25, 0.3) is 0 Å². The molecule has 66 valence electrons. The van der Waals surface area contributed by atoms with Gasteiger partial charge in [-0.3, -0.25) is 0 Å². The van der Waals surface area contributed by atoms with Gasteiger partial charge in [-0.1, -0.05) is 6.92 Å². The van der Waals surface area contributed by atoms with Crippen LogP contribution in [0.25, 0.3) is 0 Å². The van der Waals surface area contributed by atoms with Crippen molar-refractivity contribution < 1.29 is 4.74 Å². The zero-order chi connectivity index (χ0) is 8.27. The molecule has 2 heteroatoms. The van der Waals surface area contributed by atoms with E-state index in [-0.39, 0.29) is 0 Å². The van der Waals surface area contributed by atoms with Crippen molar-refractivity contribution >= 4 is 0 Å². The van der Waals surface area contributed by atoms with Crippen molar-refractivity contribution in [2.24, 2.45) is 17.6 Å². The first kappa shape index (κ1) is 9.01. The molecule has 11 heavy (non-hydrogen) atoms. The fraction of sp³-hybridized carbons (Fsp3) is 1.00. The van der Waals surface area contributed by atoms with Crippen LogP contribution in [0.4, 0.5) is 0 Å². The molecule has 0 aromatic rings. The lowest BCUT2D eigenvalue weighted by Gasteiger charge is -2.17. The Hall–Kier alpha value is -0.0800. The summed E-state index contributed by atoms with van der Waals surface area (Å²) < 4.78 is 5.38. The fourth-order valence-corrected chi connectivity index (χ4v) is 1.79. The summed E-state index contributed by atoms with van der Waals surface area (Å²) in [6.45, 7) is 6.02. The molecule has 1 aliphatic carbocycles. The summed E-state index contributed by atoms with van der Waals surface area (Å²) in [4.78, 5) is 0. The summed E-state index contributed by atoms with van der Waals surface area (Å²) in [5.74, 6) is 1.37. The smallest absolute Gasteiger partial charge is 0.0497 e. The van der Waals surface area contributed by atoms with Gasteiger partial charge in [0.15, 0.2) is 0 Å². The zero-order valence-electron chi connectivity index (χ0n) is 7.55. The summed E-state index contributed by atoms with van der Waals surface area (Å²) in [6.07, 6.45) is 2.43. The normalized spacial score (nSPS) is 37.9. The summed E-state index contributed by atoms with van der Waals surface area (Å²) >= 11 is 0. The monoisotopic (exact) mass is 157 g/mol. The highest BCUT2D eigenvalue weighted by molar-refractivity contribution is 4.84. The van der Waals surface area contributed by atoms with E-state index in [2.05, 4.69) is 6.92 Å². The standard InChI is InChI=1S/C9H19NO/c1-3-11-6-8-4-5-9(10)7(8)2/h7-9H,3-6,10H2,1-2H3. The Bertz CT molecular complexity index is 116. The van der Waals surface area contributed by atoms with E-state index in [1.807, 2.05) is 6.92 Å². The number of hydrogen-bond donors (Lipinski definition) is 1. The van der Waals surface area contributed by atoms with Gasteiger partial charge >= 0.3 is 0 Å². The number of rotatable bonds is 3. The molecule has 0 bridgehead atoms. The van der Waals surface area contributed by atoms with E-state index in [9.17, 15) is 0 Å². The van der Waals surface area contributed by atoms with Gasteiger partial charge in [0.2, 0.25) is 0 Å².